The molecule has 0 aromatic heterocycles. The number of hydrogen-bond acceptors (Lipinski definition) is 5. The van der Waals surface area contributed by atoms with Crippen molar-refractivity contribution in [1.29, 1.82) is 0 Å². The molecular formula is C20H19N3O2. The predicted octanol–water partition coefficient (Wildman–Crippen LogP) is 4.52. The summed E-state index contributed by atoms with van der Waals surface area (Å²) in [5.74, 6) is 1.64. The summed E-state index contributed by atoms with van der Waals surface area (Å²) < 4.78 is 11.2. The van der Waals surface area contributed by atoms with Crippen LogP contribution in [-0.2, 0) is 0 Å². The molecule has 0 fully saturated rings. The molecule has 3 aromatic rings. The summed E-state index contributed by atoms with van der Waals surface area (Å²) in [7, 11) is 1.65. The Morgan fingerprint density at radius 3 is 2.72 bits per heavy atom. The van der Waals surface area contributed by atoms with Crippen molar-refractivity contribution in [2.75, 3.05) is 23.5 Å². The standard InChI is InChI=1S/C20H19N3O2/c1-24-15-6-4-5-14(12-15)22-17-10-9-13(11-16(17)21)20-23-18-7-2-3-8-19(18)25-20/h2-12,20,22-23H,21H2,1H3. The molecule has 0 radical (unpaired) electrons. The lowest BCUT2D eigenvalue weighted by atomic mass is 10.1. The Balaban J connectivity index is 1.53. The zero-order valence-corrected chi connectivity index (χ0v) is 13.8. The molecule has 1 heterocycles. The van der Waals surface area contributed by atoms with Gasteiger partial charge in [-0.05, 0) is 36.4 Å². The number of methoxy groups -OCH3 is 1. The average Bonchev–Trinajstić information content (AvgIpc) is 3.08. The molecular weight excluding hydrogens is 314 g/mol. The lowest BCUT2D eigenvalue weighted by Gasteiger charge is -2.15. The van der Waals surface area contributed by atoms with Crippen LogP contribution in [0, 0.1) is 0 Å². The molecule has 0 saturated carbocycles. The molecule has 0 amide bonds. The zero-order valence-electron chi connectivity index (χ0n) is 13.8. The fraction of sp³-hybridized carbons (Fsp3) is 0.100. The van der Waals surface area contributed by atoms with E-state index in [1.54, 1.807) is 7.11 Å². The number of benzene rings is 3. The van der Waals surface area contributed by atoms with E-state index >= 15 is 0 Å². The van der Waals surface area contributed by atoms with E-state index in [1.807, 2.05) is 66.7 Å². The predicted molar refractivity (Wildman–Crippen MR) is 101 cm³/mol. The number of hydrogen-bond donors (Lipinski definition) is 3. The maximum Gasteiger partial charge on any atom is 0.196 e. The quantitative estimate of drug-likeness (QED) is 0.612. The second-order valence-corrected chi connectivity index (χ2v) is 5.84. The maximum absolute atomic E-state index is 6.24. The number of nitrogen functional groups attached to an aromatic ring is 1. The average molecular weight is 333 g/mol. The molecule has 1 aliphatic heterocycles. The van der Waals surface area contributed by atoms with Crippen molar-refractivity contribution in [1.82, 2.24) is 0 Å². The van der Waals surface area contributed by atoms with Gasteiger partial charge in [0.2, 0.25) is 0 Å². The van der Waals surface area contributed by atoms with Gasteiger partial charge in [-0.2, -0.15) is 0 Å². The molecule has 3 aromatic carbocycles. The Morgan fingerprint density at radius 2 is 1.92 bits per heavy atom. The van der Waals surface area contributed by atoms with Crippen LogP contribution in [0.3, 0.4) is 0 Å². The van der Waals surface area contributed by atoms with Crippen molar-refractivity contribution in [3.8, 4) is 11.5 Å². The van der Waals surface area contributed by atoms with E-state index in [9.17, 15) is 0 Å². The SMILES string of the molecule is COc1cccc(Nc2ccc(C3Nc4ccccc4O3)cc2N)c1. The van der Waals surface area contributed by atoms with Crippen LogP contribution >= 0.6 is 0 Å². The van der Waals surface area contributed by atoms with Crippen LogP contribution in [0.4, 0.5) is 22.7 Å². The largest absolute Gasteiger partial charge is 0.497 e. The normalized spacial score (nSPS) is 15.0. The van der Waals surface area contributed by atoms with Gasteiger partial charge in [0.05, 0.1) is 24.2 Å². The topological polar surface area (TPSA) is 68.5 Å². The van der Waals surface area contributed by atoms with Crippen LogP contribution in [0.25, 0.3) is 0 Å². The van der Waals surface area contributed by atoms with Gasteiger partial charge >= 0.3 is 0 Å². The van der Waals surface area contributed by atoms with Crippen molar-refractivity contribution >= 4 is 22.7 Å². The third-order valence-corrected chi connectivity index (χ3v) is 4.15. The van der Waals surface area contributed by atoms with Crippen LogP contribution in [0.5, 0.6) is 11.5 Å². The molecule has 4 N–H and O–H groups in total. The van der Waals surface area contributed by atoms with E-state index in [-0.39, 0.29) is 6.23 Å². The van der Waals surface area contributed by atoms with E-state index < -0.39 is 0 Å². The molecule has 25 heavy (non-hydrogen) atoms. The molecule has 4 rings (SSSR count). The second kappa shape index (κ2) is 6.28. The van der Waals surface area contributed by atoms with Gasteiger partial charge in [-0.3, -0.25) is 0 Å². The van der Waals surface area contributed by atoms with E-state index in [4.69, 9.17) is 15.2 Å². The highest BCUT2D eigenvalue weighted by Gasteiger charge is 2.23. The van der Waals surface area contributed by atoms with Crippen molar-refractivity contribution < 1.29 is 9.47 Å². The van der Waals surface area contributed by atoms with Crippen LogP contribution < -0.4 is 25.8 Å². The van der Waals surface area contributed by atoms with Crippen LogP contribution in [0.15, 0.2) is 66.7 Å². The summed E-state index contributed by atoms with van der Waals surface area (Å²) in [5.41, 5.74) is 10.6. The third kappa shape index (κ3) is 3.04. The first kappa shape index (κ1) is 15.2. The molecule has 1 atom stereocenters. The highest BCUT2D eigenvalue weighted by molar-refractivity contribution is 5.74. The molecule has 5 nitrogen and oxygen atoms in total. The second-order valence-electron chi connectivity index (χ2n) is 5.84. The van der Waals surface area contributed by atoms with Crippen molar-refractivity contribution in [2.24, 2.45) is 0 Å². The van der Waals surface area contributed by atoms with Gasteiger partial charge in [-0.25, -0.2) is 0 Å². The lowest BCUT2D eigenvalue weighted by molar-refractivity contribution is 0.260. The first-order valence-corrected chi connectivity index (χ1v) is 8.05. The lowest BCUT2D eigenvalue weighted by Crippen LogP contribution is -2.11. The monoisotopic (exact) mass is 333 g/mol. The Hall–Kier alpha value is -3.34. The molecule has 1 aliphatic rings. The van der Waals surface area contributed by atoms with Crippen molar-refractivity contribution in [3.63, 3.8) is 0 Å². The van der Waals surface area contributed by atoms with Gasteiger partial charge in [0.25, 0.3) is 0 Å². The number of nitrogens with two attached hydrogens (primary N) is 1. The molecule has 1 unspecified atom stereocenters. The van der Waals surface area contributed by atoms with Crippen LogP contribution in [-0.4, -0.2) is 7.11 Å². The van der Waals surface area contributed by atoms with E-state index in [1.165, 1.54) is 0 Å². The summed E-state index contributed by atoms with van der Waals surface area (Å²) in [4.78, 5) is 0. The minimum Gasteiger partial charge on any atom is -0.497 e. The van der Waals surface area contributed by atoms with Gasteiger partial charge in [-0.15, -0.1) is 0 Å². The number of fused-ring (bicyclic) bond motifs is 1. The van der Waals surface area contributed by atoms with Crippen molar-refractivity contribution in [3.05, 3.63) is 72.3 Å². The smallest absolute Gasteiger partial charge is 0.196 e. The Bertz CT molecular complexity index is 886. The van der Waals surface area contributed by atoms with Gasteiger partial charge in [-0.1, -0.05) is 24.3 Å². The van der Waals surface area contributed by atoms with E-state index in [0.29, 0.717) is 5.69 Å². The Kier molecular flexibility index (Phi) is 3.82. The molecule has 0 spiro atoms. The summed E-state index contributed by atoms with van der Waals surface area (Å²) in [6.45, 7) is 0. The molecule has 0 saturated heterocycles. The highest BCUT2D eigenvalue weighted by Crippen LogP contribution is 2.38. The third-order valence-electron chi connectivity index (χ3n) is 4.15. The van der Waals surface area contributed by atoms with E-state index in [2.05, 4.69) is 10.6 Å². The number of nitrogens with one attached hydrogen (secondary N) is 2. The zero-order chi connectivity index (χ0) is 17.2. The van der Waals surface area contributed by atoms with Crippen LogP contribution in [0.1, 0.15) is 11.8 Å². The fourth-order valence-corrected chi connectivity index (χ4v) is 2.85. The van der Waals surface area contributed by atoms with Crippen LogP contribution in [0.2, 0.25) is 0 Å². The van der Waals surface area contributed by atoms with Gasteiger partial charge in [0.15, 0.2) is 6.23 Å². The fourth-order valence-electron chi connectivity index (χ4n) is 2.85. The molecule has 0 bridgehead atoms. The summed E-state index contributed by atoms with van der Waals surface area (Å²) in [6, 6.07) is 21.5. The first-order valence-electron chi connectivity index (χ1n) is 8.05. The van der Waals surface area contributed by atoms with Gasteiger partial charge in [0.1, 0.15) is 11.5 Å². The number of para-hydroxylation sites is 2. The van der Waals surface area contributed by atoms with Crippen molar-refractivity contribution in [2.45, 2.75) is 6.23 Å². The summed E-state index contributed by atoms with van der Waals surface area (Å²) >= 11 is 0. The Labute approximate surface area is 146 Å². The molecule has 5 heteroatoms. The Morgan fingerprint density at radius 1 is 1.04 bits per heavy atom. The maximum atomic E-state index is 6.24. The summed E-state index contributed by atoms with van der Waals surface area (Å²) in [5, 5.41) is 6.66. The van der Waals surface area contributed by atoms with E-state index in [0.717, 1.165) is 34.1 Å². The van der Waals surface area contributed by atoms with Gasteiger partial charge < -0.3 is 25.8 Å². The summed E-state index contributed by atoms with van der Waals surface area (Å²) in [6.07, 6.45) is -0.231. The highest BCUT2D eigenvalue weighted by atomic mass is 16.5. The molecule has 0 aliphatic carbocycles. The number of anilines is 4. The van der Waals surface area contributed by atoms with Gasteiger partial charge in [0, 0.05) is 17.3 Å². The number of rotatable bonds is 4. The minimum absolute atomic E-state index is 0.231. The molecule has 126 valence electrons. The minimum atomic E-state index is -0.231. The first-order chi connectivity index (χ1) is 12.2. The number of ether oxygens (including phenoxy) is 2.